The van der Waals surface area contributed by atoms with Gasteiger partial charge in [-0.25, -0.2) is 4.68 Å². The van der Waals surface area contributed by atoms with Gasteiger partial charge in [-0.1, -0.05) is 0 Å². The quantitative estimate of drug-likeness (QED) is 0.649. The monoisotopic (exact) mass is 424 g/mol. The molecule has 6 heteroatoms. The molecule has 0 bridgehead atoms. The van der Waals surface area contributed by atoms with Gasteiger partial charge in [-0.3, -0.25) is 4.79 Å². The summed E-state index contributed by atoms with van der Waals surface area (Å²) in [6, 6.07) is 15.5. The maximum absolute atomic E-state index is 12.5. The lowest BCUT2D eigenvalue weighted by molar-refractivity contribution is 0.102. The molecule has 3 aromatic rings. The third-order valence-electron chi connectivity index (χ3n) is 4.79. The summed E-state index contributed by atoms with van der Waals surface area (Å²) in [4.78, 5) is 14.9. The van der Waals surface area contributed by atoms with Gasteiger partial charge in [0.15, 0.2) is 0 Å². The first-order chi connectivity index (χ1) is 13.2. The fourth-order valence-electron chi connectivity index (χ4n) is 3.32. The molecule has 1 amide bonds. The molecule has 1 saturated heterocycles. The van der Waals surface area contributed by atoms with Gasteiger partial charge in [0.1, 0.15) is 0 Å². The maximum atomic E-state index is 12.5. The van der Waals surface area contributed by atoms with Crippen LogP contribution in [-0.2, 0) is 0 Å². The second kappa shape index (κ2) is 7.96. The summed E-state index contributed by atoms with van der Waals surface area (Å²) in [5, 5.41) is 7.20. The van der Waals surface area contributed by atoms with Crippen LogP contribution in [0.5, 0.6) is 0 Å². The SMILES string of the molecule is O=C(Nc1ccc(N2CCCCC2)cc1)c1ccc(-n2cc(Br)cn2)cc1. The Bertz CT molecular complexity index is 912. The van der Waals surface area contributed by atoms with Gasteiger partial charge in [-0.05, 0) is 83.7 Å². The summed E-state index contributed by atoms with van der Waals surface area (Å²) in [6.07, 6.45) is 7.43. The molecular weight excluding hydrogens is 404 g/mol. The predicted molar refractivity (Wildman–Crippen MR) is 112 cm³/mol. The average molecular weight is 425 g/mol. The Kier molecular flexibility index (Phi) is 5.25. The van der Waals surface area contributed by atoms with E-state index < -0.39 is 0 Å². The van der Waals surface area contributed by atoms with E-state index in [1.165, 1.54) is 24.9 Å². The highest BCUT2D eigenvalue weighted by molar-refractivity contribution is 9.10. The zero-order valence-electron chi connectivity index (χ0n) is 14.9. The summed E-state index contributed by atoms with van der Waals surface area (Å²) >= 11 is 3.38. The first kappa shape index (κ1) is 17.8. The normalized spacial score (nSPS) is 14.2. The number of hydrogen-bond acceptors (Lipinski definition) is 3. The largest absolute Gasteiger partial charge is 0.372 e. The van der Waals surface area contributed by atoms with Crippen LogP contribution in [0.3, 0.4) is 0 Å². The van der Waals surface area contributed by atoms with Crippen molar-refractivity contribution >= 4 is 33.2 Å². The molecule has 1 aromatic heterocycles. The zero-order valence-corrected chi connectivity index (χ0v) is 16.5. The molecule has 4 rings (SSSR count). The Morgan fingerprint density at radius 2 is 1.59 bits per heavy atom. The number of hydrogen-bond donors (Lipinski definition) is 1. The van der Waals surface area contributed by atoms with Gasteiger partial charge in [0.25, 0.3) is 5.91 Å². The Hall–Kier alpha value is -2.60. The highest BCUT2D eigenvalue weighted by Gasteiger charge is 2.11. The molecule has 2 aromatic carbocycles. The van der Waals surface area contributed by atoms with Crippen molar-refractivity contribution in [3.05, 3.63) is 71.0 Å². The maximum Gasteiger partial charge on any atom is 0.255 e. The molecule has 1 aliphatic heterocycles. The summed E-state index contributed by atoms with van der Waals surface area (Å²) in [5.41, 5.74) is 3.55. The van der Waals surface area contributed by atoms with Gasteiger partial charge in [0.2, 0.25) is 0 Å². The fourth-order valence-corrected chi connectivity index (χ4v) is 3.60. The van der Waals surface area contributed by atoms with Crippen molar-refractivity contribution in [3.8, 4) is 5.69 Å². The molecule has 0 spiro atoms. The minimum atomic E-state index is -0.117. The first-order valence-corrected chi connectivity index (χ1v) is 9.95. The van der Waals surface area contributed by atoms with Crippen LogP contribution in [0.4, 0.5) is 11.4 Å². The van der Waals surface area contributed by atoms with E-state index in [1.54, 1.807) is 10.9 Å². The van der Waals surface area contributed by atoms with Crippen LogP contribution in [0.25, 0.3) is 5.69 Å². The first-order valence-electron chi connectivity index (χ1n) is 9.16. The number of piperidine rings is 1. The smallest absolute Gasteiger partial charge is 0.255 e. The molecule has 0 unspecified atom stereocenters. The molecule has 138 valence electrons. The average Bonchev–Trinajstić information content (AvgIpc) is 3.16. The van der Waals surface area contributed by atoms with E-state index in [0.717, 1.165) is 28.9 Å². The van der Waals surface area contributed by atoms with Crippen LogP contribution in [0.15, 0.2) is 65.4 Å². The summed E-state index contributed by atoms with van der Waals surface area (Å²) < 4.78 is 2.67. The fraction of sp³-hybridized carbons (Fsp3) is 0.238. The Labute approximate surface area is 167 Å². The van der Waals surface area contributed by atoms with E-state index in [-0.39, 0.29) is 5.91 Å². The number of aromatic nitrogens is 2. The van der Waals surface area contributed by atoms with Crippen LogP contribution < -0.4 is 10.2 Å². The van der Waals surface area contributed by atoms with Crippen molar-refractivity contribution in [2.75, 3.05) is 23.3 Å². The number of nitrogens with zero attached hydrogens (tertiary/aromatic N) is 3. The second-order valence-electron chi connectivity index (χ2n) is 6.70. The number of nitrogens with one attached hydrogen (secondary N) is 1. The Balaban J connectivity index is 1.41. The predicted octanol–water partition coefficient (Wildman–Crippen LogP) is 4.88. The molecule has 0 aliphatic carbocycles. The number of carbonyl (C=O) groups excluding carboxylic acids is 1. The molecule has 2 heterocycles. The van der Waals surface area contributed by atoms with Crippen molar-refractivity contribution in [2.24, 2.45) is 0 Å². The molecule has 0 radical (unpaired) electrons. The van der Waals surface area contributed by atoms with Crippen molar-refractivity contribution in [1.29, 1.82) is 0 Å². The van der Waals surface area contributed by atoms with Gasteiger partial charge >= 0.3 is 0 Å². The number of anilines is 2. The highest BCUT2D eigenvalue weighted by Crippen LogP contribution is 2.22. The van der Waals surface area contributed by atoms with Crippen molar-refractivity contribution in [2.45, 2.75) is 19.3 Å². The topological polar surface area (TPSA) is 50.2 Å². The van der Waals surface area contributed by atoms with Crippen LogP contribution in [-0.4, -0.2) is 28.8 Å². The van der Waals surface area contributed by atoms with Crippen LogP contribution in [0, 0.1) is 0 Å². The van der Waals surface area contributed by atoms with Crippen molar-refractivity contribution in [1.82, 2.24) is 9.78 Å². The second-order valence-corrected chi connectivity index (χ2v) is 7.61. The molecule has 1 N–H and O–H groups in total. The van der Waals surface area contributed by atoms with E-state index in [1.807, 2.05) is 42.6 Å². The zero-order chi connectivity index (χ0) is 18.6. The molecule has 0 saturated carbocycles. The van der Waals surface area contributed by atoms with E-state index in [9.17, 15) is 4.79 Å². The van der Waals surface area contributed by atoms with E-state index >= 15 is 0 Å². The third kappa shape index (κ3) is 4.22. The van der Waals surface area contributed by atoms with Crippen molar-refractivity contribution in [3.63, 3.8) is 0 Å². The van der Waals surface area contributed by atoms with Crippen LogP contribution in [0.1, 0.15) is 29.6 Å². The van der Waals surface area contributed by atoms with E-state index in [4.69, 9.17) is 0 Å². The highest BCUT2D eigenvalue weighted by atomic mass is 79.9. The number of halogens is 1. The summed E-state index contributed by atoms with van der Waals surface area (Å²) in [7, 11) is 0. The van der Waals surface area contributed by atoms with Crippen LogP contribution in [0.2, 0.25) is 0 Å². The molecule has 5 nitrogen and oxygen atoms in total. The molecular formula is C21H21BrN4O. The molecule has 1 fully saturated rings. The number of rotatable bonds is 4. The van der Waals surface area contributed by atoms with E-state index in [0.29, 0.717) is 5.56 Å². The van der Waals surface area contributed by atoms with Gasteiger partial charge < -0.3 is 10.2 Å². The lowest BCUT2D eigenvalue weighted by atomic mass is 10.1. The molecule has 1 aliphatic rings. The minimum Gasteiger partial charge on any atom is -0.372 e. The van der Waals surface area contributed by atoms with Gasteiger partial charge in [-0.2, -0.15) is 5.10 Å². The van der Waals surface area contributed by atoms with Crippen molar-refractivity contribution < 1.29 is 4.79 Å². The van der Waals surface area contributed by atoms with Gasteiger partial charge in [0.05, 0.1) is 16.4 Å². The minimum absolute atomic E-state index is 0.117. The lowest BCUT2D eigenvalue weighted by Gasteiger charge is -2.28. The number of amides is 1. The lowest BCUT2D eigenvalue weighted by Crippen LogP contribution is -2.29. The number of carbonyl (C=O) groups is 1. The number of benzene rings is 2. The summed E-state index contributed by atoms with van der Waals surface area (Å²) in [5.74, 6) is -0.117. The van der Waals surface area contributed by atoms with E-state index in [2.05, 4.69) is 43.4 Å². The van der Waals surface area contributed by atoms with Crippen LogP contribution >= 0.6 is 15.9 Å². The third-order valence-corrected chi connectivity index (χ3v) is 5.20. The summed E-state index contributed by atoms with van der Waals surface area (Å²) in [6.45, 7) is 2.23. The molecule has 27 heavy (non-hydrogen) atoms. The van der Waals surface area contributed by atoms with Gasteiger partial charge in [0, 0.05) is 36.2 Å². The standard InChI is InChI=1S/C21H21BrN4O/c22-17-14-23-26(15-17)20-8-4-16(5-9-20)21(27)24-18-6-10-19(11-7-18)25-12-2-1-3-13-25/h4-11,14-15H,1-3,12-13H2,(H,24,27). The molecule has 0 atom stereocenters. The van der Waals surface area contributed by atoms with Gasteiger partial charge in [-0.15, -0.1) is 0 Å². The Morgan fingerprint density at radius 3 is 2.22 bits per heavy atom. The Morgan fingerprint density at radius 1 is 0.926 bits per heavy atom.